The molecular weight excluding hydrogens is 146 g/mol. The van der Waals surface area contributed by atoms with Crippen LogP contribution < -0.4 is 0 Å². The summed E-state index contributed by atoms with van der Waals surface area (Å²) in [5.74, 6) is -0.645. The van der Waals surface area contributed by atoms with E-state index < -0.39 is 12.1 Å². The number of likely N-dealkylation sites (N-methyl/N-ethyl adjacent to an activating group) is 1. The van der Waals surface area contributed by atoms with Gasteiger partial charge < -0.3 is 9.64 Å². The van der Waals surface area contributed by atoms with E-state index >= 15 is 0 Å². The van der Waals surface area contributed by atoms with E-state index in [4.69, 9.17) is 0 Å². The largest absolute Gasteiger partial charge is 0.453 e. The molecule has 0 radical (unpaired) electrons. The Morgan fingerprint density at radius 3 is 2.09 bits per heavy atom. The highest BCUT2D eigenvalue weighted by molar-refractivity contribution is 5.82. The van der Waals surface area contributed by atoms with Crippen molar-refractivity contribution in [3.8, 4) is 0 Å². The zero-order valence-electron chi connectivity index (χ0n) is 7.25. The summed E-state index contributed by atoms with van der Waals surface area (Å²) < 4.78 is 4.64. The molecule has 0 aliphatic heterocycles. The molecule has 0 rings (SSSR count). The molecule has 0 bridgehead atoms. The molecule has 0 aromatic rings. The van der Waals surface area contributed by atoms with Crippen LogP contribution in [0.5, 0.6) is 0 Å². The Hall–Kier alpha value is -1.06. The maximum Gasteiger partial charge on any atom is 0.303 e. The summed E-state index contributed by atoms with van der Waals surface area (Å²) in [6.45, 7) is 2.82. The summed E-state index contributed by atoms with van der Waals surface area (Å²) >= 11 is 0. The lowest BCUT2D eigenvalue weighted by Crippen LogP contribution is -2.34. The number of carbonyl (C=O) groups is 2. The van der Waals surface area contributed by atoms with Crippen molar-refractivity contribution in [3.63, 3.8) is 0 Å². The fourth-order valence-corrected chi connectivity index (χ4v) is 0.663. The van der Waals surface area contributed by atoms with E-state index in [2.05, 4.69) is 4.74 Å². The number of ether oxygens (including phenoxy) is 1. The SMILES string of the molecule is CC(=O)O[C@@H](C)C(=O)N(C)C. The quantitative estimate of drug-likeness (QED) is 0.534. The van der Waals surface area contributed by atoms with Crippen molar-refractivity contribution >= 4 is 11.9 Å². The van der Waals surface area contributed by atoms with Crippen LogP contribution in [-0.2, 0) is 14.3 Å². The maximum atomic E-state index is 11.0. The summed E-state index contributed by atoms with van der Waals surface area (Å²) in [6.07, 6.45) is -0.678. The Bertz CT molecular complexity index is 165. The molecule has 0 unspecified atom stereocenters. The van der Waals surface area contributed by atoms with E-state index in [9.17, 15) is 9.59 Å². The van der Waals surface area contributed by atoms with E-state index in [1.807, 2.05) is 0 Å². The highest BCUT2D eigenvalue weighted by Crippen LogP contribution is 1.94. The molecule has 0 aliphatic carbocycles. The topological polar surface area (TPSA) is 46.6 Å². The van der Waals surface area contributed by atoms with Crippen LogP contribution in [0.25, 0.3) is 0 Å². The molecular formula is C7H13NO3. The normalized spacial score (nSPS) is 12.0. The molecule has 0 aromatic heterocycles. The van der Waals surface area contributed by atoms with Crippen molar-refractivity contribution in [2.75, 3.05) is 14.1 Å². The van der Waals surface area contributed by atoms with Gasteiger partial charge in [0, 0.05) is 21.0 Å². The number of esters is 1. The van der Waals surface area contributed by atoms with Crippen molar-refractivity contribution < 1.29 is 14.3 Å². The molecule has 0 N–H and O–H groups in total. The average molecular weight is 159 g/mol. The molecule has 0 saturated heterocycles. The van der Waals surface area contributed by atoms with Crippen LogP contribution in [0, 0.1) is 0 Å². The smallest absolute Gasteiger partial charge is 0.303 e. The van der Waals surface area contributed by atoms with Gasteiger partial charge in [0.15, 0.2) is 6.10 Å². The predicted octanol–water partition coefficient (Wildman–Crippen LogP) is 0.0262. The Morgan fingerprint density at radius 1 is 1.36 bits per heavy atom. The van der Waals surface area contributed by atoms with E-state index in [-0.39, 0.29) is 5.91 Å². The third-order valence-electron chi connectivity index (χ3n) is 1.13. The number of hydrogen-bond donors (Lipinski definition) is 0. The van der Waals surface area contributed by atoms with Crippen molar-refractivity contribution in [2.45, 2.75) is 20.0 Å². The minimum absolute atomic E-state index is 0.208. The second kappa shape index (κ2) is 3.95. The van der Waals surface area contributed by atoms with E-state index in [1.54, 1.807) is 21.0 Å². The van der Waals surface area contributed by atoms with Crippen LogP contribution in [0.1, 0.15) is 13.8 Å². The van der Waals surface area contributed by atoms with Gasteiger partial charge in [-0.05, 0) is 6.92 Å². The second-order valence-electron chi connectivity index (χ2n) is 2.48. The fourth-order valence-electron chi connectivity index (χ4n) is 0.663. The first-order chi connectivity index (χ1) is 4.95. The third kappa shape index (κ3) is 3.60. The maximum absolute atomic E-state index is 11.0. The first-order valence-corrected chi connectivity index (χ1v) is 3.33. The van der Waals surface area contributed by atoms with Crippen LogP contribution in [0.2, 0.25) is 0 Å². The molecule has 1 amide bonds. The van der Waals surface area contributed by atoms with E-state index in [0.29, 0.717) is 0 Å². The summed E-state index contributed by atoms with van der Waals surface area (Å²) in [5, 5.41) is 0. The molecule has 0 spiro atoms. The summed E-state index contributed by atoms with van der Waals surface area (Å²) in [7, 11) is 3.23. The summed E-state index contributed by atoms with van der Waals surface area (Å²) in [6, 6.07) is 0. The van der Waals surface area contributed by atoms with E-state index in [0.717, 1.165) is 0 Å². The fraction of sp³-hybridized carbons (Fsp3) is 0.714. The Kier molecular flexibility index (Phi) is 3.57. The third-order valence-corrected chi connectivity index (χ3v) is 1.13. The lowest BCUT2D eigenvalue weighted by Gasteiger charge is -2.15. The first-order valence-electron chi connectivity index (χ1n) is 3.33. The number of nitrogens with zero attached hydrogens (tertiary/aromatic N) is 1. The first kappa shape index (κ1) is 9.94. The highest BCUT2D eigenvalue weighted by Gasteiger charge is 2.16. The molecule has 0 aromatic carbocycles. The van der Waals surface area contributed by atoms with Gasteiger partial charge in [0.1, 0.15) is 0 Å². The van der Waals surface area contributed by atoms with Gasteiger partial charge in [-0.2, -0.15) is 0 Å². The molecule has 0 fully saturated rings. The summed E-state index contributed by atoms with van der Waals surface area (Å²) in [4.78, 5) is 22.8. The number of hydrogen-bond acceptors (Lipinski definition) is 3. The van der Waals surface area contributed by atoms with Gasteiger partial charge in [0.25, 0.3) is 5.91 Å². The minimum atomic E-state index is -0.678. The van der Waals surface area contributed by atoms with Gasteiger partial charge in [-0.1, -0.05) is 0 Å². The average Bonchev–Trinajstić information content (AvgIpc) is 1.84. The predicted molar refractivity (Wildman–Crippen MR) is 39.9 cm³/mol. The molecule has 11 heavy (non-hydrogen) atoms. The Morgan fingerprint density at radius 2 is 1.82 bits per heavy atom. The van der Waals surface area contributed by atoms with Crippen LogP contribution in [0.15, 0.2) is 0 Å². The van der Waals surface area contributed by atoms with E-state index in [1.165, 1.54) is 11.8 Å². The monoisotopic (exact) mass is 159 g/mol. The standard InChI is InChI=1S/C7H13NO3/c1-5(11-6(2)9)7(10)8(3)4/h5H,1-4H3/t5-/m0/s1. The summed E-state index contributed by atoms with van der Waals surface area (Å²) in [5.41, 5.74) is 0. The highest BCUT2D eigenvalue weighted by atomic mass is 16.5. The number of carbonyl (C=O) groups excluding carboxylic acids is 2. The molecule has 0 aliphatic rings. The molecule has 1 atom stereocenters. The van der Waals surface area contributed by atoms with Gasteiger partial charge in [0.2, 0.25) is 0 Å². The lowest BCUT2D eigenvalue weighted by molar-refractivity contribution is -0.156. The van der Waals surface area contributed by atoms with Gasteiger partial charge in [-0.15, -0.1) is 0 Å². The second-order valence-corrected chi connectivity index (χ2v) is 2.48. The molecule has 0 saturated carbocycles. The Balaban J connectivity index is 3.93. The van der Waals surface area contributed by atoms with Crippen LogP contribution in [0.4, 0.5) is 0 Å². The zero-order valence-corrected chi connectivity index (χ0v) is 7.25. The lowest BCUT2D eigenvalue weighted by atomic mass is 10.3. The molecule has 0 heterocycles. The minimum Gasteiger partial charge on any atom is -0.453 e. The van der Waals surface area contributed by atoms with Crippen molar-refractivity contribution in [3.05, 3.63) is 0 Å². The van der Waals surface area contributed by atoms with Gasteiger partial charge >= 0.3 is 5.97 Å². The number of amides is 1. The molecule has 64 valence electrons. The van der Waals surface area contributed by atoms with Crippen molar-refractivity contribution in [2.24, 2.45) is 0 Å². The van der Waals surface area contributed by atoms with Crippen molar-refractivity contribution in [1.29, 1.82) is 0 Å². The van der Waals surface area contributed by atoms with Crippen LogP contribution in [-0.4, -0.2) is 37.0 Å². The van der Waals surface area contributed by atoms with Crippen LogP contribution >= 0.6 is 0 Å². The molecule has 4 heteroatoms. The van der Waals surface area contributed by atoms with Gasteiger partial charge in [-0.3, -0.25) is 9.59 Å². The number of rotatable bonds is 2. The van der Waals surface area contributed by atoms with Gasteiger partial charge in [0.05, 0.1) is 0 Å². The Labute approximate surface area is 66.1 Å². The zero-order chi connectivity index (χ0) is 9.02. The molecule has 4 nitrogen and oxygen atoms in total. The van der Waals surface area contributed by atoms with Crippen LogP contribution in [0.3, 0.4) is 0 Å². The van der Waals surface area contributed by atoms with Gasteiger partial charge in [-0.25, -0.2) is 0 Å². The van der Waals surface area contributed by atoms with Crippen molar-refractivity contribution in [1.82, 2.24) is 4.90 Å².